The van der Waals surface area contributed by atoms with Crippen LogP contribution in [-0.2, 0) is 4.74 Å². The van der Waals surface area contributed by atoms with Crippen LogP contribution in [0.3, 0.4) is 0 Å². The summed E-state index contributed by atoms with van der Waals surface area (Å²) in [7, 11) is 0. The molecule has 1 unspecified atom stereocenters. The van der Waals surface area contributed by atoms with Gasteiger partial charge >= 0.3 is 0 Å². The molecule has 1 saturated carbocycles. The van der Waals surface area contributed by atoms with Crippen molar-refractivity contribution in [3.8, 4) is 0 Å². The van der Waals surface area contributed by atoms with Gasteiger partial charge in [0.25, 0.3) is 0 Å². The number of carbonyl (C=O) groups excluding carboxylic acids is 1. The van der Waals surface area contributed by atoms with Crippen LogP contribution in [0.4, 0.5) is 4.39 Å². The Morgan fingerprint density at radius 2 is 1.79 bits per heavy atom. The van der Waals surface area contributed by atoms with Crippen LogP contribution in [-0.4, -0.2) is 18.5 Å². The molecule has 2 atom stereocenters. The van der Waals surface area contributed by atoms with Crippen molar-refractivity contribution in [1.82, 2.24) is 0 Å². The number of carbonyl (C=O) groups is 1. The second kappa shape index (κ2) is 7.53. The average molecular weight is 353 g/mol. The first-order valence-electron chi connectivity index (χ1n) is 9.07. The minimum Gasteiger partial charge on any atom is -0.370 e. The van der Waals surface area contributed by atoms with E-state index in [1.807, 2.05) is 0 Å². The van der Waals surface area contributed by atoms with Gasteiger partial charge < -0.3 is 4.74 Å². The Morgan fingerprint density at radius 3 is 2.42 bits per heavy atom. The van der Waals surface area contributed by atoms with Crippen LogP contribution in [0.15, 0.2) is 12.1 Å². The third kappa shape index (κ3) is 3.67. The number of rotatable bonds is 3. The van der Waals surface area contributed by atoms with Gasteiger partial charge in [-0.3, -0.25) is 4.79 Å². The van der Waals surface area contributed by atoms with Gasteiger partial charge in [-0.05, 0) is 62.0 Å². The SMILES string of the molecule is Cc1ccc(C(=O)[C@@H]2CCC(C3CCC(C)CC3)CO2)c(F)c1Cl. The van der Waals surface area contributed by atoms with Crippen molar-refractivity contribution in [2.75, 3.05) is 6.61 Å². The zero-order valence-corrected chi connectivity index (χ0v) is 15.2. The first-order valence-corrected chi connectivity index (χ1v) is 9.45. The monoisotopic (exact) mass is 352 g/mol. The molecule has 1 heterocycles. The van der Waals surface area contributed by atoms with Gasteiger partial charge in [-0.15, -0.1) is 0 Å². The maximum atomic E-state index is 14.3. The van der Waals surface area contributed by atoms with Gasteiger partial charge in [0.05, 0.1) is 17.2 Å². The van der Waals surface area contributed by atoms with E-state index in [4.69, 9.17) is 16.3 Å². The van der Waals surface area contributed by atoms with Gasteiger partial charge in [0.1, 0.15) is 6.10 Å². The Morgan fingerprint density at radius 1 is 1.12 bits per heavy atom. The molecule has 0 amide bonds. The number of hydrogen-bond acceptors (Lipinski definition) is 2. The van der Waals surface area contributed by atoms with E-state index < -0.39 is 11.9 Å². The summed E-state index contributed by atoms with van der Waals surface area (Å²) in [6.07, 6.45) is 6.30. The first kappa shape index (κ1) is 17.9. The van der Waals surface area contributed by atoms with Gasteiger partial charge in [-0.2, -0.15) is 0 Å². The molecule has 1 aliphatic heterocycles. The molecule has 2 aliphatic rings. The molecule has 0 aromatic heterocycles. The summed E-state index contributed by atoms with van der Waals surface area (Å²) < 4.78 is 20.1. The number of halogens is 2. The molecule has 1 aliphatic carbocycles. The lowest BCUT2D eigenvalue weighted by Crippen LogP contribution is -2.36. The first-order chi connectivity index (χ1) is 11.5. The summed E-state index contributed by atoms with van der Waals surface area (Å²) in [6.45, 7) is 4.67. The van der Waals surface area contributed by atoms with Crippen molar-refractivity contribution < 1.29 is 13.9 Å². The molecule has 132 valence electrons. The highest BCUT2D eigenvalue weighted by atomic mass is 35.5. The fourth-order valence-corrected chi connectivity index (χ4v) is 4.28. The molecule has 1 aromatic carbocycles. The van der Waals surface area contributed by atoms with E-state index in [9.17, 15) is 9.18 Å². The van der Waals surface area contributed by atoms with E-state index in [-0.39, 0.29) is 16.4 Å². The summed E-state index contributed by atoms with van der Waals surface area (Å²) in [5.74, 6) is 1.23. The van der Waals surface area contributed by atoms with E-state index in [0.717, 1.165) is 18.3 Å². The number of benzene rings is 1. The van der Waals surface area contributed by atoms with Crippen molar-refractivity contribution in [1.29, 1.82) is 0 Å². The van der Waals surface area contributed by atoms with Crippen LogP contribution >= 0.6 is 11.6 Å². The van der Waals surface area contributed by atoms with E-state index >= 15 is 0 Å². The molecule has 2 fully saturated rings. The Labute approximate surface area is 148 Å². The summed E-state index contributed by atoms with van der Waals surface area (Å²) >= 11 is 5.93. The molecule has 0 radical (unpaired) electrons. The summed E-state index contributed by atoms with van der Waals surface area (Å²) in [4.78, 5) is 12.6. The molecule has 2 nitrogen and oxygen atoms in total. The van der Waals surface area contributed by atoms with Crippen molar-refractivity contribution in [2.45, 2.75) is 58.5 Å². The molecular formula is C20H26ClFO2. The van der Waals surface area contributed by atoms with E-state index in [1.165, 1.54) is 31.7 Å². The van der Waals surface area contributed by atoms with Crippen LogP contribution in [0.1, 0.15) is 61.4 Å². The minimum absolute atomic E-state index is 0.0332. The van der Waals surface area contributed by atoms with Crippen LogP contribution in [0.25, 0.3) is 0 Å². The maximum Gasteiger partial charge on any atom is 0.194 e. The predicted octanol–water partition coefficient (Wildman–Crippen LogP) is 5.59. The number of ketones is 1. The molecule has 24 heavy (non-hydrogen) atoms. The minimum atomic E-state index is -0.617. The Bertz CT molecular complexity index is 600. The third-order valence-electron chi connectivity index (χ3n) is 5.87. The Hall–Kier alpha value is -0.930. The fraction of sp³-hybridized carbons (Fsp3) is 0.650. The topological polar surface area (TPSA) is 26.3 Å². The van der Waals surface area contributed by atoms with Crippen LogP contribution < -0.4 is 0 Å². The van der Waals surface area contributed by atoms with Crippen molar-refractivity contribution in [3.63, 3.8) is 0 Å². The molecule has 0 N–H and O–H groups in total. The van der Waals surface area contributed by atoms with Crippen LogP contribution in [0.5, 0.6) is 0 Å². The Kier molecular flexibility index (Phi) is 5.61. The lowest BCUT2D eigenvalue weighted by molar-refractivity contribution is -0.0263. The summed E-state index contributed by atoms with van der Waals surface area (Å²) in [5, 5.41) is 0.0332. The highest BCUT2D eigenvalue weighted by Crippen LogP contribution is 2.38. The molecule has 0 spiro atoms. The van der Waals surface area contributed by atoms with Gasteiger partial charge in [0, 0.05) is 0 Å². The van der Waals surface area contributed by atoms with E-state index in [0.29, 0.717) is 24.5 Å². The van der Waals surface area contributed by atoms with Gasteiger partial charge in [-0.1, -0.05) is 37.4 Å². The average Bonchev–Trinajstić information content (AvgIpc) is 2.60. The second-order valence-electron chi connectivity index (χ2n) is 7.60. The third-order valence-corrected chi connectivity index (χ3v) is 6.34. The molecule has 0 bridgehead atoms. The van der Waals surface area contributed by atoms with Crippen LogP contribution in [0, 0.1) is 30.5 Å². The zero-order valence-electron chi connectivity index (χ0n) is 14.5. The quantitative estimate of drug-likeness (QED) is 0.662. The van der Waals surface area contributed by atoms with E-state index in [2.05, 4.69) is 6.92 Å². The standard InChI is InChI=1S/C20H26ClFO2/c1-12-3-6-14(7-4-12)15-8-10-17(24-11-15)20(23)16-9-5-13(2)18(21)19(16)22/h5,9,12,14-15,17H,3-4,6-8,10-11H2,1-2H3/t12?,14?,15?,17-/m0/s1. The number of aryl methyl sites for hydroxylation is 1. The normalized spacial score (nSPS) is 31.0. The second-order valence-corrected chi connectivity index (χ2v) is 7.98. The van der Waals surface area contributed by atoms with Crippen LogP contribution in [0.2, 0.25) is 5.02 Å². The van der Waals surface area contributed by atoms with Gasteiger partial charge in [0.2, 0.25) is 0 Å². The highest BCUT2D eigenvalue weighted by molar-refractivity contribution is 6.32. The lowest BCUT2D eigenvalue weighted by atomic mass is 9.74. The number of ether oxygens (including phenoxy) is 1. The largest absolute Gasteiger partial charge is 0.370 e. The highest BCUT2D eigenvalue weighted by Gasteiger charge is 2.34. The van der Waals surface area contributed by atoms with Gasteiger partial charge in [0.15, 0.2) is 11.6 Å². The lowest BCUT2D eigenvalue weighted by Gasteiger charge is -2.36. The zero-order chi connectivity index (χ0) is 17.3. The maximum absolute atomic E-state index is 14.3. The number of Topliss-reactive ketones (excluding diaryl/α,β-unsaturated/α-hetero) is 1. The van der Waals surface area contributed by atoms with Crippen molar-refractivity contribution in [2.24, 2.45) is 17.8 Å². The smallest absolute Gasteiger partial charge is 0.194 e. The Balaban J connectivity index is 1.60. The summed E-state index contributed by atoms with van der Waals surface area (Å²) in [6, 6.07) is 3.21. The van der Waals surface area contributed by atoms with E-state index in [1.54, 1.807) is 13.0 Å². The number of hydrogen-bond donors (Lipinski definition) is 0. The predicted molar refractivity (Wildman–Crippen MR) is 94.1 cm³/mol. The molecule has 1 saturated heterocycles. The van der Waals surface area contributed by atoms with Gasteiger partial charge in [-0.25, -0.2) is 4.39 Å². The molecule has 3 rings (SSSR count). The van der Waals surface area contributed by atoms with Crippen molar-refractivity contribution in [3.05, 3.63) is 34.1 Å². The molecule has 1 aromatic rings. The fourth-order valence-electron chi connectivity index (χ4n) is 4.12. The molecular weight excluding hydrogens is 327 g/mol. The van der Waals surface area contributed by atoms with Crippen molar-refractivity contribution >= 4 is 17.4 Å². The summed E-state index contributed by atoms with van der Waals surface area (Å²) in [5.41, 5.74) is 0.697. The molecule has 4 heteroatoms.